The maximum absolute atomic E-state index is 5.97. The monoisotopic (exact) mass is 264 g/mol. The van der Waals surface area contributed by atoms with Gasteiger partial charge in [0.2, 0.25) is 0 Å². The minimum Gasteiger partial charge on any atom is -0.496 e. The summed E-state index contributed by atoms with van der Waals surface area (Å²) in [5, 5.41) is 2.31. The first-order chi connectivity index (χ1) is 9.88. The van der Waals surface area contributed by atoms with Gasteiger partial charge in [-0.1, -0.05) is 54.6 Å². The quantitative estimate of drug-likeness (QED) is 0.694. The summed E-state index contributed by atoms with van der Waals surface area (Å²) >= 11 is 0. The Bertz CT molecular complexity index is 714. The first-order valence-corrected chi connectivity index (χ1v) is 6.61. The van der Waals surface area contributed by atoms with Crippen LogP contribution in [0.15, 0.2) is 66.7 Å². The Labute approximate surface area is 118 Å². The fourth-order valence-electron chi connectivity index (χ4n) is 2.30. The highest BCUT2D eigenvalue weighted by Crippen LogP contribution is 2.27. The molecule has 0 bridgehead atoms. The number of hydrogen-bond acceptors (Lipinski definition) is 2. The van der Waals surface area contributed by atoms with Gasteiger partial charge in [-0.2, -0.15) is 0 Å². The predicted molar refractivity (Wildman–Crippen MR) is 81.3 cm³/mol. The zero-order valence-electron chi connectivity index (χ0n) is 11.4. The van der Waals surface area contributed by atoms with Crippen molar-refractivity contribution in [2.24, 2.45) is 0 Å². The highest BCUT2D eigenvalue weighted by molar-refractivity contribution is 5.88. The molecule has 2 heteroatoms. The highest BCUT2D eigenvalue weighted by Gasteiger charge is 2.05. The van der Waals surface area contributed by atoms with Crippen molar-refractivity contribution in [3.05, 3.63) is 72.3 Å². The van der Waals surface area contributed by atoms with E-state index in [-0.39, 0.29) is 0 Å². The van der Waals surface area contributed by atoms with Crippen LogP contribution in [0.5, 0.6) is 11.5 Å². The van der Waals surface area contributed by atoms with E-state index in [9.17, 15) is 0 Å². The number of hydrogen-bond donors (Lipinski definition) is 0. The van der Waals surface area contributed by atoms with Crippen LogP contribution >= 0.6 is 0 Å². The van der Waals surface area contributed by atoms with Crippen LogP contribution in [0.3, 0.4) is 0 Å². The van der Waals surface area contributed by atoms with Gasteiger partial charge >= 0.3 is 0 Å². The maximum Gasteiger partial charge on any atom is 0.127 e. The Hall–Kier alpha value is -2.48. The second kappa shape index (κ2) is 5.66. The Morgan fingerprint density at radius 1 is 0.750 bits per heavy atom. The van der Waals surface area contributed by atoms with Gasteiger partial charge in [-0.3, -0.25) is 0 Å². The van der Waals surface area contributed by atoms with Crippen molar-refractivity contribution >= 4 is 10.8 Å². The molecule has 2 nitrogen and oxygen atoms in total. The Morgan fingerprint density at radius 3 is 2.35 bits per heavy atom. The van der Waals surface area contributed by atoms with Crippen molar-refractivity contribution in [1.29, 1.82) is 0 Å². The van der Waals surface area contributed by atoms with Gasteiger partial charge in [0, 0.05) is 10.9 Å². The van der Waals surface area contributed by atoms with E-state index < -0.39 is 0 Å². The molecule has 3 aromatic rings. The van der Waals surface area contributed by atoms with Gasteiger partial charge in [-0.05, 0) is 17.5 Å². The minimum absolute atomic E-state index is 0.498. The molecule has 3 aromatic carbocycles. The van der Waals surface area contributed by atoms with Crippen molar-refractivity contribution in [1.82, 2.24) is 0 Å². The standard InChI is InChI=1S/C18H16O2/c1-19-17-11-5-3-8-15(17)13-20-18-12-6-9-14-7-2-4-10-16(14)18/h2-12H,13H2,1H3. The fourth-order valence-corrected chi connectivity index (χ4v) is 2.30. The van der Waals surface area contributed by atoms with E-state index in [2.05, 4.69) is 18.2 Å². The SMILES string of the molecule is COc1ccccc1COc1cccc2ccccc12. The van der Waals surface area contributed by atoms with E-state index in [0.29, 0.717) is 6.61 Å². The van der Waals surface area contributed by atoms with Crippen LogP contribution in [0.4, 0.5) is 0 Å². The third kappa shape index (κ3) is 2.45. The summed E-state index contributed by atoms with van der Waals surface area (Å²) in [7, 11) is 1.68. The Morgan fingerprint density at radius 2 is 1.45 bits per heavy atom. The third-order valence-electron chi connectivity index (χ3n) is 3.33. The number of benzene rings is 3. The summed E-state index contributed by atoms with van der Waals surface area (Å²) in [6, 6.07) is 22.2. The molecule has 0 aliphatic carbocycles. The molecule has 20 heavy (non-hydrogen) atoms. The van der Waals surface area contributed by atoms with Gasteiger partial charge in [0.25, 0.3) is 0 Å². The van der Waals surface area contributed by atoms with Crippen LogP contribution in [-0.2, 0) is 6.61 Å². The van der Waals surface area contributed by atoms with E-state index in [1.807, 2.05) is 48.5 Å². The lowest BCUT2D eigenvalue weighted by Crippen LogP contribution is -1.98. The molecular weight excluding hydrogens is 248 g/mol. The van der Waals surface area contributed by atoms with Crippen molar-refractivity contribution in [3.8, 4) is 11.5 Å². The molecule has 0 saturated carbocycles. The average molecular weight is 264 g/mol. The van der Waals surface area contributed by atoms with Gasteiger partial charge in [0.05, 0.1) is 7.11 Å². The average Bonchev–Trinajstić information content (AvgIpc) is 2.53. The zero-order chi connectivity index (χ0) is 13.8. The van der Waals surface area contributed by atoms with Gasteiger partial charge in [0.15, 0.2) is 0 Å². The van der Waals surface area contributed by atoms with E-state index in [1.54, 1.807) is 7.11 Å². The second-order valence-electron chi connectivity index (χ2n) is 4.58. The van der Waals surface area contributed by atoms with E-state index in [4.69, 9.17) is 9.47 Å². The molecule has 0 aromatic heterocycles. The van der Waals surface area contributed by atoms with E-state index in [1.165, 1.54) is 5.39 Å². The Balaban J connectivity index is 1.87. The third-order valence-corrected chi connectivity index (χ3v) is 3.33. The van der Waals surface area contributed by atoms with Crippen molar-refractivity contribution in [3.63, 3.8) is 0 Å². The van der Waals surface area contributed by atoms with E-state index >= 15 is 0 Å². The van der Waals surface area contributed by atoms with Gasteiger partial charge < -0.3 is 9.47 Å². The lowest BCUT2D eigenvalue weighted by Gasteiger charge is -2.11. The number of rotatable bonds is 4. The van der Waals surface area contributed by atoms with Gasteiger partial charge in [-0.15, -0.1) is 0 Å². The first-order valence-electron chi connectivity index (χ1n) is 6.61. The van der Waals surface area contributed by atoms with Crippen LogP contribution in [0.2, 0.25) is 0 Å². The van der Waals surface area contributed by atoms with Crippen molar-refractivity contribution in [2.45, 2.75) is 6.61 Å². The summed E-state index contributed by atoms with van der Waals surface area (Å²) in [5.41, 5.74) is 1.04. The molecule has 0 unspecified atom stereocenters. The molecule has 0 aliphatic heterocycles. The summed E-state index contributed by atoms with van der Waals surface area (Å²) in [4.78, 5) is 0. The van der Waals surface area contributed by atoms with Crippen LogP contribution in [0.25, 0.3) is 10.8 Å². The zero-order valence-corrected chi connectivity index (χ0v) is 11.4. The molecule has 100 valence electrons. The number of fused-ring (bicyclic) bond motifs is 1. The van der Waals surface area contributed by atoms with Crippen molar-refractivity contribution < 1.29 is 9.47 Å². The van der Waals surface area contributed by atoms with Crippen molar-refractivity contribution in [2.75, 3.05) is 7.11 Å². The number of para-hydroxylation sites is 1. The van der Waals surface area contributed by atoms with Gasteiger partial charge in [-0.25, -0.2) is 0 Å². The largest absolute Gasteiger partial charge is 0.496 e. The molecular formula is C18H16O2. The molecule has 0 amide bonds. The highest BCUT2D eigenvalue weighted by atomic mass is 16.5. The van der Waals surface area contributed by atoms with Crippen LogP contribution < -0.4 is 9.47 Å². The molecule has 0 atom stereocenters. The van der Waals surface area contributed by atoms with Crippen LogP contribution in [0, 0.1) is 0 Å². The molecule has 0 saturated heterocycles. The van der Waals surface area contributed by atoms with Crippen LogP contribution in [0.1, 0.15) is 5.56 Å². The summed E-state index contributed by atoms with van der Waals surface area (Å²) in [6.45, 7) is 0.498. The molecule has 0 fully saturated rings. The Kier molecular flexibility index (Phi) is 3.55. The lowest BCUT2D eigenvalue weighted by molar-refractivity contribution is 0.300. The topological polar surface area (TPSA) is 18.5 Å². The van der Waals surface area contributed by atoms with E-state index in [0.717, 1.165) is 22.4 Å². The summed E-state index contributed by atoms with van der Waals surface area (Å²) in [6.07, 6.45) is 0. The first kappa shape index (κ1) is 12.5. The molecule has 0 spiro atoms. The maximum atomic E-state index is 5.97. The van der Waals surface area contributed by atoms with Gasteiger partial charge in [0.1, 0.15) is 18.1 Å². The minimum atomic E-state index is 0.498. The lowest BCUT2D eigenvalue weighted by atomic mass is 10.1. The number of ether oxygens (including phenoxy) is 2. The summed E-state index contributed by atoms with van der Waals surface area (Å²) < 4.78 is 11.3. The molecule has 3 rings (SSSR count). The molecule has 0 heterocycles. The normalized spacial score (nSPS) is 10.4. The second-order valence-corrected chi connectivity index (χ2v) is 4.58. The molecule has 0 N–H and O–H groups in total. The molecule has 0 radical (unpaired) electrons. The smallest absolute Gasteiger partial charge is 0.127 e. The predicted octanol–water partition coefficient (Wildman–Crippen LogP) is 4.43. The number of methoxy groups -OCH3 is 1. The fraction of sp³-hybridized carbons (Fsp3) is 0.111. The summed E-state index contributed by atoms with van der Waals surface area (Å²) in [5.74, 6) is 1.75. The molecule has 0 aliphatic rings. The van der Waals surface area contributed by atoms with Crippen LogP contribution in [-0.4, -0.2) is 7.11 Å².